The summed E-state index contributed by atoms with van der Waals surface area (Å²) < 4.78 is 3.72. The summed E-state index contributed by atoms with van der Waals surface area (Å²) in [5.41, 5.74) is 2.16. The van der Waals surface area contributed by atoms with Crippen molar-refractivity contribution >= 4 is 11.7 Å². The van der Waals surface area contributed by atoms with Gasteiger partial charge in [-0.15, -0.1) is 0 Å². The molecule has 0 saturated heterocycles. The maximum Gasteiger partial charge on any atom is 0.260 e. The maximum absolute atomic E-state index is 12.6. The highest BCUT2D eigenvalue weighted by Gasteiger charge is 2.22. The van der Waals surface area contributed by atoms with Gasteiger partial charge in [0.1, 0.15) is 5.82 Å². The van der Waals surface area contributed by atoms with Crippen LogP contribution in [0.4, 0.5) is 5.82 Å². The summed E-state index contributed by atoms with van der Waals surface area (Å²) in [7, 11) is 0. The third kappa shape index (κ3) is 3.81. The number of aryl methyl sites for hydroxylation is 1. The van der Waals surface area contributed by atoms with Crippen molar-refractivity contribution in [2.45, 2.75) is 60.5 Å². The molecular formula is C17H27N5O. The van der Waals surface area contributed by atoms with Gasteiger partial charge < -0.3 is 5.32 Å². The smallest absolute Gasteiger partial charge is 0.260 e. The number of nitrogens with zero attached hydrogens (tertiary/aromatic N) is 4. The number of amides is 1. The van der Waals surface area contributed by atoms with Gasteiger partial charge in [0.05, 0.1) is 23.0 Å². The van der Waals surface area contributed by atoms with Gasteiger partial charge in [0.15, 0.2) is 0 Å². The van der Waals surface area contributed by atoms with Crippen LogP contribution in [-0.2, 0) is 12.1 Å². The van der Waals surface area contributed by atoms with Crippen molar-refractivity contribution in [2.24, 2.45) is 5.92 Å². The topological polar surface area (TPSA) is 64.7 Å². The number of rotatable bonds is 4. The molecule has 2 heterocycles. The average molecular weight is 317 g/mol. The quantitative estimate of drug-likeness (QED) is 0.940. The Hall–Kier alpha value is -2.11. The number of aromatic nitrogens is 4. The number of carbonyl (C=O) groups excluding carboxylic acids is 1. The van der Waals surface area contributed by atoms with Crippen LogP contribution >= 0.6 is 0 Å². The van der Waals surface area contributed by atoms with E-state index in [2.05, 4.69) is 50.1 Å². The number of hydrogen-bond acceptors (Lipinski definition) is 3. The van der Waals surface area contributed by atoms with Crippen LogP contribution in [-0.4, -0.2) is 25.5 Å². The third-order valence-corrected chi connectivity index (χ3v) is 3.59. The van der Waals surface area contributed by atoms with Crippen LogP contribution < -0.4 is 5.32 Å². The zero-order valence-electron chi connectivity index (χ0n) is 15.1. The Kier molecular flexibility index (Phi) is 4.63. The summed E-state index contributed by atoms with van der Waals surface area (Å²) in [6.07, 6.45) is 1.64. The number of nitrogens with one attached hydrogen (secondary N) is 1. The fourth-order valence-corrected chi connectivity index (χ4v) is 2.48. The van der Waals surface area contributed by atoms with Gasteiger partial charge in [0.25, 0.3) is 5.91 Å². The first-order valence-corrected chi connectivity index (χ1v) is 8.00. The molecule has 23 heavy (non-hydrogen) atoms. The molecule has 0 fully saturated rings. The van der Waals surface area contributed by atoms with Crippen LogP contribution in [0.1, 0.15) is 56.4 Å². The number of hydrogen-bond donors (Lipinski definition) is 1. The van der Waals surface area contributed by atoms with E-state index in [-0.39, 0.29) is 11.4 Å². The standard InChI is InChI=1S/C17H27N5O/c1-11(2)10-21-13(4)14(9-18-21)16(23)19-15-8-12(3)20-22(15)17(5,6)7/h8-9,11H,10H2,1-7H3,(H,19,23). The van der Waals surface area contributed by atoms with Crippen molar-refractivity contribution in [1.82, 2.24) is 19.6 Å². The minimum atomic E-state index is -0.201. The van der Waals surface area contributed by atoms with Crippen LogP contribution in [0.25, 0.3) is 0 Å². The second kappa shape index (κ2) is 6.18. The fourth-order valence-electron chi connectivity index (χ4n) is 2.48. The van der Waals surface area contributed by atoms with E-state index >= 15 is 0 Å². The predicted octanol–water partition coefficient (Wildman–Crippen LogP) is 3.36. The van der Waals surface area contributed by atoms with Crippen LogP contribution in [0.15, 0.2) is 12.3 Å². The molecule has 0 aromatic carbocycles. The SMILES string of the molecule is Cc1cc(NC(=O)c2cnn(CC(C)C)c2C)n(C(C)(C)C)n1. The zero-order chi connectivity index (χ0) is 17.4. The average Bonchev–Trinajstić information content (AvgIpc) is 2.93. The lowest BCUT2D eigenvalue weighted by atomic mass is 10.1. The minimum absolute atomic E-state index is 0.150. The second-order valence-corrected chi connectivity index (χ2v) is 7.43. The summed E-state index contributed by atoms with van der Waals surface area (Å²) in [6.45, 7) is 15.1. The minimum Gasteiger partial charge on any atom is -0.307 e. The lowest BCUT2D eigenvalue weighted by Gasteiger charge is -2.22. The zero-order valence-corrected chi connectivity index (χ0v) is 15.1. The number of anilines is 1. The molecular weight excluding hydrogens is 290 g/mol. The Morgan fingerprint density at radius 1 is 1.30 bits per heavy atom. The van der Waals surface area contributed by atoms with Gasteiger partial charge in [0.2, 0.25) is 0 Å². The molecule has 2 aromatic heterocycles. The molecule has 0 spiro atoms. The fraction of sp³-hybridized carbons (Fsp3) is 0.588. The van der Waals surface area contributed by atoms with E-state index in [0.29, 0.717) is 17.3 Å². The van der Waals surface area contributed by atoms with E-state index in [9.17, 15) is 4.79 Å². The molecule has 6 heteroatoms. The van der Waals surface area contributed by atoms with Gasteiger partial charge in [0, 0.05) is 18.3 Å². The van der Waals surface area contributed by atoms with Crippen LogP contribution in [0.2, 0.25) is 0 Å². The Balaban J connectivity index is 2.25. The number of carbonyl (C=O) groups is 1. The molecule has 0 saturated carbocycles. The van der Waals surface area contributed by atoms with Crippen molar-refractivity contribution in [2.75, 3.05) is 5.32 Å². The highest BCUT2D eigenvalue weighted by molar-refractivity contribution is 6.04. The van der Waals surface area contributed by atoms with Crippen molar-refractivity contribution in [3.05, 3.63) is 29.2 Å². The monoisotopic (exact) mass is 317 g/mol. The summed E-state index contributed by atoms with van der Waals surface area (Å²) >= 11 is 0. The van der Waals surface area contributed by atoms with Gasteiger partial charge in [-0.25, -0.2) is 4.68 Å². The molecule has 2 aromatic rings. The normalized spacial score (nSPS) is 12.0. The summed E-state index contributed by atoms with van der Waals surface area (Å²) in [4.78, 5) is 12.6. The first kappa shape index (κ1) is 17.2. The summed E-state index contributed by atoms with van der Waals surface area (Å²) in [5, 5.41) is 11.8. The van der Waals surface area contributed by atoms with Crippen LogP contribution in [0.3, 0.4) is 0 Å². The van der Waals surface area contributed by atoms with Crippen molar-refractivity contribution in [3.8, 4) is 0 Å². The molecule has 0 radical (unpaired) electrons. The van der Waals surface area contributed by atoms with Gasteiger partial charge in [-0.1, -0.05) is 13.8 Å². The molecule has 0 bridgehead atoms. The van der Waals surface area contributed by atoms with Crippen LogP contribution in [0, 0.1) is 19.8 Å². The predicted molar refractivity (Wildman–Crippen MR) is 91.7 cm³/mol. The van der Waals surface area contributed by atoms with E-state index in [0.717, 1.165) is 17.9 Å². The van der Waals surface area contributed by atoms with Crippen molar-refractivity contribution in [3.63, 3.8) is 0 Å². The maximum atomic E-state index is 12.6. The van der Waals surface area contributed by atoms with Gasteiger partial charge in [-0.05, 0) is 40.5 Å². The summed E-state index contributed by atoms with van der Waals surface area (Å²) in [5.74, 6) is 1.04. The summed E-state index contributed by atoms with van der Waals surface area (Å²) in [6, 6.07) is 1.89. The Morgan fingerprint density at radius 3 is 2.52 bits per heavy atom. The van der Waals surface area contributed by atoms with Gasteiger partial charge >= 0.3 is 0 Å². The second-order valence-electron chi connectivity index (χ2n) is 7.43. The molecule has 0 aliphatic rings. The first-order valence-electron chi connectivity index (χ1n) is 8.00. The van der Waals surface area contributed by atoms with E-state index in [1.165, 1.54) is 0 Å². The first-order chi connectivity index (χ1) is 10.6. The van der Waals surface area contributed by atoms with Gasteiger partial charge in [-0.3, -0.25) is 9.48 Å². The Morgan fingerprint density at radius 2 is 1.96 bits per heavy atom. The van der Waals surface area contributed by atoms with E-state index in [1.807, 2.05) is 29.3 Å². The molecule has 0 atom stereocenters. The van der Waals surface area contributed by atoms with Crippen LogP contribution in [0.5, 0.6) is 0 Å². The molecule has 0 unspecified atom stereocenters. The molecule has 0 aliphatic carbocycles. The molecule has 6 nitrogen and oxygen atoms in total. The molecule has 1 N–H and O–H groups in total. The molecule has 1 amide bonds. The van der Waals surface area contributed by atoms with E-state index in [1.54, 1.807) is 6.20 Å². The van der Waals surface area contributed by atoms with E-state index < -0.39 is 0 Å². The lowest BCUT2D eigenvalue weighted by molar-refractivity contribution is 0.102. The van der Waals surface area contributed by atoms with Gasteiger partial charge in [-0.2, -0.15) is 10.2 Å². The van der Waals surface area contributed by atoms with Crippen molar-refractivity contribution < 1.29 is 4.79 Å². The Bertz CT molecular complexity index is 703. The third-order valence-electron chi connectivity index (χ3n) is 3.59. The van der Waals surface area contributed by atoms with Crippen molar-refractivity contribution in [1.29, 1.82) is 0 Å². The largest absolute Gasteiger partial charge is 0.307 e. The van der Waals surface area contributed by atoms with E-state index in [4.69, 9.17) is 0 Å². The highest BCUT2D eigenvalue weighted by Crippen LogP contribution is 2.22. The highest BCUT2D eigenvalue weighted by atomic mass is 16.1. The molecule has 0 aliphatic heterocycles. The molecule has 2 rings (SSSR count). The lowest BCUT2D eigenvalue weighted by Crippen LogP contribution is -2.27. The molecule has 126 valence electrons. The Labute approximate surface area is 137 Å².